The fraction of sp³-hybridized carbons (Fsp3) is 0.357. The van der Waals surface area contributed by atoms with Crippen LogP contribution in [0.25, 0.3) is 0 Å². The SMILES string of the molecule is CCc1cc(CC)n(Cc2cc(F)cc(B(O)O)c2)n1. The quantitative estimate of drug-likeness (QED) is 0.797. The van der Waals surface area contributed by atoms with Gasteiger partial charge in [-0.15, -0.1) is 0 Å². The van der Waals surface area contributed by atoms with E-state index in [1.165, 1.54) is 6.07 Å². The molecule has 2 rings (SSSR count). The van der Waals surface area contributed by atoms with Crippen molar-refractivity contribution in [2.24, 2.45) is 0 Å². The third-order valence-electron chi connectivity index (χ3n) is 3.25. The van der Waals surface area contributed by atoms with Crippen molar-refractivity contribution in [3.05, 3.63) is 47.0 Å². The molecule has 1 aromatic carbocycles. The summed E-state index contributed by atoms with van der Waals surface area (Å²) < 4.78 is 15.3. The molecule has 2 N–H and O–H groups in total. The maximum Gasteiger partial charge on any atom is 0.488 e. The summed E-state index contributed by atoms with van der Waals surface area (Å²) in [5, 5.41) is 22.8. The molecule has 0 unspecified atom stereocenters. The molecule has 6 heteroatoms. The van der Waals surface area contributed by atoms with Crippen LogP contribution < -0.4 is 5.46 Å². The molecule has 0 fully saturated rings. The fourth-order valence-electron chi connectivity index (χ4n) is 2.20. The maximum atomic E-state index is 13.5. The summed E-state index contributed by atoms with van der Waals surface area (Å²) in [5.74, 6) is -0.480. The fourth-order valence-corrected chi connectivity index (χ4v) is 2.20. The lowest BCUT2D eigenvalue weighted by Crippen LogP contribution is -2.30. The first-order chi connectivity index (χ1) is 9.53. The molecule has 0 amide bonds. The zero-order chi connectivity index (χ0) is 14.7. The molecular formula is C14H18BFN2O2. The van der Waals surface area contributed by atoms with Crippen molar-refractivity contribution in [2.45, 2.75) is 33.2 Å². The normalized spacial score (nSPS) is 10.8. The van der Waals surface area contributed by atoms with Gasteiger partial charge in [-0.25, -0.2) is 4.39 Å². The van der Waals surface area contributed by atoms with E-state index in [4.69, 9.17) is 10.0 Å². The largest absolute Gasteiger partial charge is 0.488 e. The van der Waals surface area contributed by atoms with E-state index in [9.17, 15) is 4.39 Å². The van der Waals surface area contributed by atoms with Gasteiger partial charge >= 0.3 is 7.12 Å². The molecule has 106 valence electrons. The second-order valence-electron chi connectivity index (χ2n) is 4.76. The Morgan fingerprint density at radius 1 is 1.15 bits per heavy atom. The minimum atomic E-state index is -1.67. The number of halogens is 1. The predicted octanol–water partition coefficient (Wildman–Crippen LogP) is 0.875. The minimum Gasteiger partial charge on any atom is -0.423 e. The van der Waals surface area contributed by atoms with Crippen LogP contribution in [0.15, 0.2) is 24.3 Å². The van der Waals surface area contributed by atoms with Gasteiger partial charge in [-0.1, -0.05) is 19.9 Å². The number of hydrogen-bond acceptors (Lipinski definition) is 3. The summed E-state index contributed by atoms with van der Waals surface area (Å²) in [5.41, 5.74) is 2.90. The number of nitrogens with zero attached hydrogens (tertiary/aromatic N) is 2. The van der Waals surface area contributed by atoms with Crippen LogP contribution in [-0.2, 0) is 19.4 Å². The average molecular weight is 276 g/mol. The van der Waals surface area contributed by atoms with Crippen LogP contribution in [0.1, 0.15) is 30.8 Å². The van der Waals surface area contributed by atoms with Crippen LogP contribution in [0.2, 0.25) is 0 Å². The van der Waals surface area contributed by atoms with Crippen molar-refractivity contribution in [3.8, 4) is 0 Å². The Balaban J connectivity index is 2.31. The molecule has 0 saturated carbocycles. The highest BCUT2D eigenvalue weighted by atomic mass is 19.1. The molecule has 0 atom stereocenters. The minimum absolute atomic E-state index is 0.154. The van der Waals surface area contributed by atoms with E-state index in [1.54, 1.807) is 6.07 Å². The molecular weight excluding hydrogens is 258 g/mol. The van der Waals surface area contributed by atoms with Gasteiger partial charge in [0, 0.05) is 5.69 Å². The summed E-state index contributed by atoms with van der Waals surface area (Å²) in [6, 6.07) is 6.13. The zero-order valence-electron chi connectivity index (χ0n) is 11.7. The smallest absolute Gasteiger partial charge is 0.423 e. The Hall–Kier alpha value is -1.66. The molecule has 2 aromatic rings. The van der Waals surface area contributed by atoms with E-state index < -0.39 is 12.9 Å². The lowest BCUT2D eigenvalue weighted by atomic mass is 9.79. The van der Waals surface area contributed by atoms with E-state index in [0.717, 1.165) is 30.3 Å². The van der Waals surface area contributed by atoms with Crippen molar-refractivity contribution in [2.75, 3.05) is 0 Å². The first kappa shape index (κ1) is 14.7. The number of hydrogen-bond donors (Lipinski definition) is 2. The van der Waals surface area contributed by atoms with Crippen LogP contribution in [0.3, 0.4) is 0 Å². The topological polar surface area (TPSA) is 58.3 Å². The van der Waals surface area contributed by atoms with E-state index in [2.05, 4.69) is 5.10 Å². The van der Waals surface area contributed by atoms with E-state index >= 15 is 0 Å². The van der Waals surface area contributed by atoms with Crippen LogP contribution >= 0.6 is 0 Å². The Morgan fingerprint density at radius 2 is 1.90 bits per heavy atom. The first-order valence-electron chi connectivity index (χ1n) is 6.74. The lowest BCUT2D eigenvalue weighted by molar-refractivity contribution is 0.425. The Kier molecular flexibility index (Phi) is 4.57. The average Bonchev–Trinajstić information content (AvgIpc) is 2.80. The maximum absolute atomic E-state index is 13.5. The predicted molar refractivity (Wildman–Crippen MR) is 76.3 cm³/mol. The van der Waals surface area contributed by atoms with Crippen molar-refractivity contribution in [3.63, 3.8) is 0 Å². The number of rotatable bonds is 5. The van der Waals surface area contributed by atoms with Gasteiger partial charge in [0.1, 0.15) is 5.82 Å². The molecule has 0 aliphatic rings. The van der Waals surface area contributed by atoms with Gasteiger partial charge in [-0.2, -0.15) is 5.10 Å². The van der Waals surface area contributed by atoms with Crippen LogP contribution in [0.5, 0.6) is 0 Å². The Morgan fingerprint density at radius 3 is 2.50 bits per heavy atom. The molecule has 0 radical (unpaired) electrons. The zero-order valence-corrected chi connectivity index (χ0v) is 11.7. The molecule has 1 heterocycles. The summed E-state index contributed by atoms with van der Waals surface area (Å²) in [6.45, 7) is 4.50. The monoisotopic (exact) mass is 276 g/mol. The van der Waals surface area contributed by atoms with Crippen LogP contribution in [0, 0.1) is 5.82 Å². The first-order valence-corrected chi connectivity index (χ1v) is 6.74. The Labute approximate surface area is 118 Å². The number of aromatic nitrogens is 2. The highest BCUT2D eigenvalue weighted by Crippen LogP contribution is 2.10. The number of benzene rings is 1. The van der Waals surface area contributed by atoms with Crippen molar-refractivity contribution < 1.29 is 14.4 Å². The van der Waals surface area contributed by atoms with Crippen LogP contribution in [0.4, 0.5) is 4.39 Å². The molecule has 1 aromatic heterocycles. The summed E-state index contributed by atoms with van der Waals surface area (Å²) >= 11 is 0. The van der Waals surface area contributed by atoms with Gasteiger partial charge in [-0.05, 0) is 42.1 Å². The van der Waals surface area contributed by atoms with Gasteiger partial charge in [0.25, 0.3) is 0 Å². The van der Waals surface area contributed by atoms with Crippen LogP contribution in [-0.4, -0.2) is 26.9 Å². The van der Waals surface area contributed by atoms with Gasteiger partial charge in [0.15, 0.2) is 0 Å². The molecule has 0 aliphatic heterocycles. The van der Waals surface area contributed by atoms with E-state index in [0.29, 0.717) is 12.1 Å². The standard InChI is InChI=1S/C14H18BFN2O2/c1-3-13-8-14(4-2)18(17-13)9-10-5-11(15(19)20)7-12(16)6-10/h5-8,19-20H,3-4,9H2,1-2H3. The summed E-state index contributed by atoms with van der Waals surface area (Å²) in [6.07, 6.45) is 1.70. The summed E-state index contributed by atoms with van der Waals surface area (Å²) in [7, 11) is -1.67. The van der Waals surface area contributed by atoms with Gasteiger partial charge < -0.3 is 10.0 Å². The Bertz CT molecular complexity index is 599. The molecule has 0 saturated heterocycles. The van der Waals surface area contributed by atoms with E-state index in [-0.39, 0.29) is 5.46 Å². The highest BCUT2D eigenvalue weighted by Gasteiger charge is 2.14. The van der Waals surface area contributed by atoms with Crippen molar-refractivity contribution in [1.29, 1.82) is 0 Å². The third kappa shape index (κ3) is 3.26. The second kappa shape index (κ2) is 6.20. The highest BCUT2D eigenvalue weighted by molar-refractivity contribution is 6.58. The van der Waals surface area contributed by atoms with Crippen molar-refractivity contribution >= 4 is 12.6 Å². The molecule has 20 heavy (non-hydrogen) atoms. The second-order valence-corrected chi connectivity index (χ2v) is 4.76. The van der Waals surface area contributed by atoms with Gasteiger partial charge in [0.2, 0.25) is 0 Å². The lowest BCUT2D eigenvalue weighted by Gasteiger charge is -2.08. The molecule has 4 nitrogen and oxygen atoms in total. The summed E-state index contributed by atoms with van der Waals surface area (Å²) in [4.78, 5) is 0. The molecule has 0 bridgehead atoms. The number of aryl methyl sites for hydroxylation is 2. The molecule has 0 spiro atoms. The molecule has 0 aliphatic carbocycles. The van der Waals surface area contributed by atoms with Gasteiger partial charge in [-0.3, -0.25) is 4.68 Å². The third-order valence-corrected chi connectivity index (χ3v) is 3.25. The van der Waals surface area contributed by atoms with Crippen molar-refractivity contribution in [1.82, 2.24) is 9.78 Å². The van der Waals surface area contributed by atoms with E-state index in [1.807, 2.05) is 24.6 Å². The van der Waals surface area contributed by atoms with Gasteiger partial charge in [0.05, 0.1) is 12.2 Å².